The second kappa shape index (κ2) is 10.4. The first-order chi connectivity index (χ1) is 19.2. The molecule has 0 bridgehead atoms. The highest BCUT2D eigenvalue weighted by Crippen LogP contribution is 2.41. The maximum absolute atomic E-state index is 15.0. The molecular formula is C31H33ClFN5O2. The Morgan fingerprint density at radius 3 is 2.27 bits per heavy atom. The number of benzene rings is 2. The zero-order valence-corrected chi connectivity index (χ0v) is 23.7. The Morgan fingerprint density at radius 2 is 1.68 bits per heavy atom. The van der Waals surface area contributed by atoms with Gasteiger partial charge in [-0.2, -0.15) is 0 Å². The molecule has 1 saturated carbocycles. The molecule has 40 heavy (non-hydrogen) atoms. The van der Waals surface area contributed by atoms with Crippen molar-refractivity contribution in [2.45, 2.75) is 39.2 Å². The summed E-state index contributed by atoms with van der Waals surface area (Å²) in [6.45, 7) is 7.69. The van der Waals surface area contributed by atoms with Gasteiger partial charge in [-0.15, -0.1) is 0 Å². The molecule has 2 fully saturated rings. The molecule has 2 aromatic heterocycles. The lowest BCUT2D eigenvalue weighted by atomic mass is 9.91. The number of nitrogens with zero attached hydrogens (tertiary/aromatic N) is 5. The molecule has 208 valence electrons. The van der Waals surface area contributed by atoms with Gasteiger partial charge in [0.1, 0.15) is 11.6 Å². The van der Waals surface area contributed by atoms with Crippen LogP contribution in [0.3, 0.4) is 0 Å². The molecule has 1 aliphatic carbocycles. The van der Waals surface area contributed by atoms with Gasteiger partial charge >= 0.3 is 5.69 Å². The van der Waals surface area contributed by atoms with Crippen LogP contribution >= 0.6 is 11.6 Å². The average molecular weight is 562 g/mol. The third kappa shape index (κ3) is 4.69. The number of imidazole rings is 1. The number of hydrogen-bond acceptors (Lipinski definition) is 5. The van der Waals surface area contributed by atoms with E-state index in [2.05, 4.69) is 14.8 Å². The normalized spacial score (nSPS) is 16.4. The van der Waals surface area contributed by atoms with Gasteiger partial charge < -0.3 is 14.6 Å². The highest BCUT2D eigenvalue weighted by Gasteiger charge is 2.28. The number of hydrogen-bond donors (Lipinski definition) is 1. The molecule has 1 aliphatic heterocycles. The summed E-state index contributed by atoms with van der Waals surface area (Å²) in [6.07, 6.45) is 7.35. The number of aromatic nitrogens is 3. The summed E-state index contributed by atoms with van der Waals surface area (Å²) in [6, 6.07) is 10.5. The minimum absolute atomic E-state index is 0.0512. The Bertz CT molecular complexity index is 1650. The average Bonchev–Trinajstić information content (AvgIpc) is 3.15. The molecule has 1 saturated heterocycles. The van der Waals surface area contributed by atoms with Gasteiger partial charge in [-0.05, 0) is 62.6 Å². The second-order valence-corrected chi connectivity index (χ2v) is 11.4. The second-order valence-electron chi connectivity index (χ2n) is 11.0. The van der Waals surface area contributed by atoms with E-state index in [1.165, 1.54) is 40.5 Å². The molecular weight excluding hydrogens is 529 g/mol. The van der Waals surface area contributed by atoms with Crippen molar-refractivity contribution in [2.75, 3.05) is 31.1 Å². The van der Waals surface area contributed by atoms with Crippen LogP contribution in [0.25, 0.3) is 27.9 Å². The zero-order valence-electron chi connectivity index (χ0n) is 23.0. The van der Waals surface area contributed by atoms with E-state index < -0.39 is 5.82 Å². The lowest BCUT2D eigenvalue weighted by Crippen LogP contribution is -2.52. The third-order valence-electron chi connectivity index (χ3n) is 8.42. The smallest absolute Gasteiger partial charge is 0.332 e. The van der Waals surface area contributed by atoms with Gasteiger partial charge in [-0.3, -0.25) is 14.5 Å². The molecule has 2 aliphatic rings. The van der Waals surface area contributed by atoms with E-state index in [0.717, 1.165) is 49.3 Å². The van der Waals surface area contributed by atoms with Crippen LogP contribution in [0.1, 0.15) is 30.7 Å². The van der Waals surface area contributed by atoms with Crippen molar-refractivity contribution >= 4 is 17.3 Å². The molecule has 6 rings (SSSR count). The first kappa shape index (κ1) is 26.6. The maximum Gasteiger partial charge on any atom is 0.332 e. The summed E-state index contributed by atoms with van der Waals surface area (Å²) in [5.74, 6) is -0.529. The van der Waals surface area contributed by atoms with Gasteiger partial charge in [-0.1, -0.05) is 24.1 Å². The molecule has 0 unspecified atom stereocenters. The standard InChI is InChI=1S/C31H33ClFN5O2/c1-19-18-35(3)31(40)38(19)28-8-7-21(13-27(28)32)25-15-23(33)16-26(30(25)39)22-14-29(20(2)34-17-22)37-11-9-36(10-12-37)24-5-4-6-24/h7-8,13-18,24,39H,4-6,9-12H2,1-3H3. The third-order valence-corrected chi connectivity index (χ3v) is 8.72. The van der Waals surface area contributed by atoms with Crippen LogP contribution in [-0.2, 0) is 7.05 Å². The lowest BCUT2D eigenvalue weighted by Gasteiger charge is -2.43. The number of aryl methyl sites for hydroxylation is 3. The van der Waals surface area contributed by atoms with Gasteiger partial charge in [0, 0.05) is 74.0 Å². The van der Waals surface area contributed by atoms with Crippen molar-refractivity contribution < 1.29 is 9.50 Å². The summed E-state index contributed by atoms with van der Waals surface area (Å²) >= 11 is 6.62. The van der Waals surface area contributed by atoms with Crippen LogP contribution in [0.2, 0.25) is 5.02 Å². The highest BCUT2D eigenvalue weighted by molar-refractivity contribution is 6.32. The molecule has 9 heteroatoms. The SMILES string of the molecule is Cc1ncc(-c2cc(F)cc(-c3ccc(-n4c(C)cn(C)c4=O)c(Cl)c3)c2O)cc1N1CCN(C2CCC2)CC1. The minimum Gasteiger partial charge on any atom is -0.507 e. The van der Waals surface area contributed by atoms with Crippen molar-refractivity contribution in [3.8, 4) is 33.7 Å². The summed E-state index contributed by atoms with van der Waals surface area (Å²) in [5.41, 5.74) is 4.84. The predicted molar refractivity (Wildman–Crippen MR) is 157 cm³/mol. The van der Waals surface area contributed by atoms with Crippen LogP contribution in [0, 0.1) is 19.7 Å². The summed E-state index contributed by atoms with van der Waals surface area (Å²) in [5, 5.41) is 11.7. The van der Waals surface area contributed by atoms with Gasteiger partial charge in [0.15, 0.2) is 0 Å². The molecule has 0 amide bonds. The van der Waals surface area contributed by atoms with E-state index >= 15 is 0 Å². The fourth-order valence-corrected chi connectivity index (χ4v) is 6.22. The van der Waals surface area contributed by atoms with Gasteiger partial charge in [-0.25, -0.2) is 9.18 Å². The fraction of sp³-hybridized carbons (Fsp3) is 0.355. The van der Waals surface area contributed by atoms with E-state index in [9.17, 15) is 14.3 Å². The van der Waals surface area contributed by atoms with Gasteiger partial charge in [0.25, 0.3) is 0 Å². The van der Waals surface area contributed by atoms with Crippen molar-refractivity contribution in [3.05, 3.63) is 81.5 Å². The van der Waals surface area contributed by atoms with Crippen molar-refractivity contribution in [2.24, 2.45) is 7.05 Å². The quantitative estimate of drug-likeness (QED) is 0.339. The number of pyridine rings is 1. The van der Waals surface area contributed by atoms with Crippen LogP contribution < -0.4 is 10.6 Å². The molecule has 3 heterocycles. The lowest BCUT2D eigenvalue weighted by molar-refractivity contribution is 0.120. The summed E-state index contributed by atoms with van der Waals surface area (Å²) in [7, 11) is 1.68. The summed E-state index contributed by atoms with van der Waals surface area (Å²) in [4.78, 5) is 22.1. The maximum atomic E-state index is 15.0. The van der Waals surface area contributed by atoms with Crippen LogP contribution in [0.4, 0.5) is 10.1 Å². The van der Waals surface area contributed by atoms with Crippen LogP contribution in [0.15, 0.2) is 53.6 Å². The number of halogens is 2. The van der Waals surface area contributed by atoms with E-state index in [-0.39, 0.29) is 11.4 Å². The molecule has 4 aromatic rings. The Hall–Kier alpha value is -3.62. The van der Waals surface area contributed by atoms with Crippen LogP contribution in [-0.4, -0.2) is 56.3 Å². The topological polar surface area (TPSA) is 66.5 Å². The van der Waals surface area contributed by atoms with E-state index in [1.807, 2.05) is 19.9 Å². The Kier molecular flexibility index (Phi) is 6.92. The van der Waals surface area contributed by atoms with E-state index in [0.29, 0.717) is 33.0 Å². The molecule has 0 atom stereocenters. The van der Waals surface area contributed by atoms with Crippen molar-refractivity contribution in [1.82, 2.24) is 19.0 Å². The Balaban J connectivity index is 1.33. The first-order valence-electron chi connectivity index (χ1n) is 13.7. The molecule has 1 N–H and O–H groups in total. The number of rotatable bonds is 5. The molecule has 0 radical (unpaired) electrons. The Morgan fingerprint density at radius 1 is 0.975 bits per heavy atom. The molecule has 0 spiro atoms. The monoisotopic (exact) mass is 561 g/mol. The highest BCUT2D eigenvalue weighted by atomic mass is 35.5. The van der Waals surface area contributed by atoms with Gasteiger partial charge in [0.2, 0.25) is 0 Å². The fourth-order valence-electron chi connectivity index (χ4n) is 5.96. The van der Waals surface area contributed by atoms with Crippen LogP contribution in [0.5, 0.6) is 5.75 Å². The molecule has 7 nitrogen and oxygen atoms in total. The number of phenols is 1. The number of piperazine rings is 1. The number of aromatic hydroxyl groups is 1. The largest absolute Gasteiger partial charge is 0.507 e. The van der Waals surface area contributed by atoms with Gasteiger partial charge in [0.05, 0.1) is 22.1 Å². The zero-order chi connectivity index (χ0) is 28.1. The van der Waals surface area contributed by atoms with Crippen molar-refractivity contribution in [3.63, 3.8) is 0 Å². The van der Waals surface area contributed by atoms with Crippen molar-refractivity contribution in [1.29, 1.82) is 0 Å². The first-order valence-corrected chi connectivity index (χ1v) is 14.1. The van der Waals surface area contributed by atoms with E-state index in [1.54, 1.807) is 37.6 Å². The van der Waals surface area contributed by atoms with E-state index in [4.69, 9.17) is 11.6 Å². The number of phenolic OH excluding ortho intramolecular Hbond substituents is 1. The minimum atomic E-state index is -0.477. The summed E-state index contributed by atoms with van der Waals surface area (Å²) < 4.78 is 18.0. The Labute approximate surface area is 238 Å². The predicted octanol–water partition coefficient (Wildman–Crippen LogP) is 5.69. The number of anilines is 1. The molecule has 2 aromatic carbocycles.